The summed E-state index contributed by atoms with van der Waals surface area (Å²) in [6, 6.07) is -1.50. The molecule has 3 N–H and O–H groups in total. The number of aryl methyl sites for hydroxylation is 1. The molecular formula is C8H10N4O5. The van der Waals surface area contributed by atoms with Crippen LogP contribution in [0.15, 0.2) is 6.20 Å². The minimum Gasteiger partial charge on any atom is -0.481 e. The first-order valence-corrected chi connectivity index (χ1v) is 4.52. The Balaban J connectivity index is 2.70. The average Bonchev–Trinajstić information content (AvgIpc) is 2.63. The van der Waals surface area contributed by atoms with E-state index in [0.717, 1.165) is 0 Å². The third-order valence-corrected chi connectivity index (χ3v) is 1.82. The largest absolute Gasteiger partial charge is 0.481 e. The van der Waals surface area contributed by atoms with Gasteiger partial charge in [-0.3, -0.25) is 14.3 Å². The van der Waals surface area contributed by atoms with Crippen molar-refractivity contribution in [2.24, 2.45) is 7.05 Å². The molecule has 0 spiro atoms. The number of rotatable bonds is 5. The molecule has 0 aliphatic rings. The Bertz CT molecular complexity index is 455. The predicted molar refractivity (Wildman–Crippen MR) is 52.1 cm³/mol. The number of nitrogens with one attached hydrogen (secondary N) is 1. The lowest BCUT2D eigenvalue weighted by molar-refractivity contribution is -0.145. The number of aliphatic carboxylic acids is 2. The minimum absolute atomic E-state index is 0.0795. The van der Waals surface area contributed by atoms with E-state index in [1.165, 1.54) is 17.9 Å². The van der Waals surface area contributed by atoms with Crippen LogP contribution in [0.1, 0.15) is 16.9 Å². The molecule has 1 aromatic rings. The van der Waals surface area contributed by atoms with Crippen molar-refractivity contribution in [1.82, 2.24) is 20.3 Å². The SMILES string of the molecule is Cn1cc(C(=O)NC(CC(=O)O)C(=O)O)nn1. The van der Waals surface area contributed by atoms with Gasteiger partial charge in [-0.15, -0.1) is 5.10 Å². The number of nitrogens with zero attached hydrogens (tertiary/aromatic N) is 3. The van der Waals surface area contributed by atoms with Crippen molar-refractivity contribution >= 4 is 17.8 Å². The van der Waals surface area contributed by atoms with Crippen molar-refractivity contribution < 1.29 is 24.6 Å². The highest BCUT2D eigenvalue weighted by molar-refractivity contribution is 5.95. The lowest BCUT2D eigenvalue weighted by atomic mass is 10.2. The van der Waals surface area contributed by atoms with E-state index in [1.54, 1.807) is 0 Å². The Morgan fingerprint density at radius 1 is 1.47 bits per heavy atom. The second kappa shape index (κ2) is 5.05. The molecule has 9 nitrogen and oxygen atoms in total. The van der Waals surface area contributed by atoms with Crippen molar-refractivity contribution in [3.8, 4) is 0 Å². The normalized spacial score (nSPS) is 11.8. The second-order valence-corrected chi connectivity index (χ2v) is 3.24. The molecule has 17 heavy (non-hydrogen) atoms. The zero-order valence-corrected chi connectivity index (χ0v) is 8.82. The van der Waals surface area contributed by atoms with Crippen molar-refractivity contribution in [2.45, 2.75) is 12.5 Å². The van der Waals surface area contributed by atoms with Gasteiger partial charge in [0.05, 0.1) is 12.6 Å². The van der Waals surface area contributed by atoms with Crippen molar-refractivity contribution in [3.05, 3.63) is 11.9 Å². The maximum atomic E-state index is 11.5. The van der Waals surface area contributed by atoms with Crippen LogP contribution < -0.4 is 5.32 Å². The molecule has 1 amide bonds. The molecule has 1 aromatic heterocycles. The molecule has 0 bridgehead atoms. The molecular weight excluding hydrogens is 232 g/mol. The summed E-state index contributed by atoms with van der Waals surface area (Å²) in [5.74, 6) is -3.53. The van der Waals surface area contributed by atoms with Crippen molar-refractivity contribution in [3.63, 3.8) is 0 Å². The van der Waals surface area contributed by atoms with E-state index in [4.69, 9.17) is 10.2 Å². The molecule has 1 atom stereocenters. The highest BCUT2D eigenvalue weighted by Crippen LogP contribution is 1.97. The predicted octanol–water partition coefficient (Wildman–Crippen LogP) is -1.53. The summed E-state index contributed by atoms with van der Waals surface area (Å²) in [6.07, 6.45) is 0.580. The van der Waals surface area contributed by atoms with Gasteiger partial charge in [0.15, 0.2) is 5.69 Å². The zero-order chi connectivity index (χ0) is 13.0. The van der Waals surface area contributed by atoms with Crippen LogP contribution >= 0.6 is 0 Å². The van der Waals surface area contributed by atoms with E-state index in [0.29, 0.717) is 0 Å². The molecule has 0 radical (unpaired) electrons. The highest BCUT2D eigenvalue weighted by atomic mass is 16.4. The zero-order valence-electron chi connectivity index (χ0n) is 8.82. The van der Waals surface area contributed by atoms with Gasteiger partial charge in [-0.1, -0.05) is 5.21 Å². The average molecular weight is 242 g/mol. The van der Waals surface area contributed by atoms with E-state index in [1.807, 2.05) is 5.32 Å². The monoisotopic (exact) mass is 242 g/mol. The number of hydrogen-bond acceptors (Lipinski definition) is 5. The third-order valence-electron chi connectivity index (χ3n) is 1.82. The van der Waals surface area contributed by atoms with Crippen LogP contribution in [0.3, 0.4) is 0 Å². The highest BCUT2D eigenvalue weighted by Gasteiger charge is 2.24. The van der Waals surface area contributed by atoms with E-state index >= 15 is 0 Å². The van der Waals surface area contributed by atoms with Crippen molar-refractivity contribution in [1.29, 1.82) is 0 Å². The molecule has 0 saturated heterocycles. The number of hydrogen-bond donors (Lipinski definition) is 3. The Morgan fingerprint density at radius 3 is 2.53 bits per heavy atom. The Morgan fingerprint density at radius 2 is 2.12 bits per heavy atom. The van der Waals surface area contributed by atoms with Crippen LogP contribution in [0.5, 0.6) is 0 Å². The molecule has 0 fully saturated rings. The van der Waals surface area contributed by atoms with Gasteiger partial charge in [-0.05, 0) is 0 Å². The standard InChI is InChI=1S/C8H10N4O5/c1-12-3-5(10-11-12)7(15)9-4(8(16)17)2-6(13)14/h3-4H,2H2,1H3,(H,9,15)(H,13,14)(H,16,17). The number of carboxylic acids is 2. The van der Waals surface area contributed by atoms with Crippen LogP contribution in [0.4, 0.5) is 0 Å². The van der Waals surface area contributed by atoms with Gasteiger partial charge in [0.1, 0.15) is 6.04 Å². The first kappa shape index (κ1) is 12.6. The smallest absolute Gasteiger partial charge is 0.326 e. The summed E-state index contributed by atoms with van der Waals surface area (Å²) < 4.78 is 1.27. The minimum atomic E-state index is -1.50. The van der Waals surface area contributed by atoms with Crippen LogP contribution in [-0.2, 0) is 16.6 Å². The van der Waals surface area contributed by atoms with Gasteiger partial charge in [0.2, 0.25) is 0 Å². The van der Waals surface area contributed by atoms with E-state index in [-0.39, 0.29) is 5.69 Å². The maximum absolute atomic E-state index is 11.5. The number of carbonyl (C=O) groups is 3. The second-order valence-electron chi connectivity index (χ2n) is 3.24. The molecule has 0 saturated carbocycles. The van der Waals surface area contributed by atoms with Crippen molar-refractivity contribution in [2.75, 3.05) is 0 Å². The van der Waals surface area contributed by atoms with Gasteiger partial charge in [0, 0.05) is 7.05 Å². The summed E-state index contributed by atoms with van der Waals surface area (Å²) in [7, 11) is 1.54. The Hall–Kier alpha value is -2.45. The molecule has 92 valence electrons. The molecule has 1 heterocycles. The first-order valence-electron chi connectivity index (χ1n) is 4.52. The van der Waals surface area contributed by atoms with Crippen LogP contribution in [0.25, 0.3) is 0 Å². The first-order chi connectivity index (χ1) is 7.90. The van der Waals surface area contributed by atoms with Gasteiger partial charge in [-0.25, -0.2) is 4.79 Å². The maximum Gasteiger partial charge on any atom is 0.326 e. The summed E-state index contributed by atoms with van der Waals surface area (Å²) in [6.45, 7) is 0. The summed E-state index contributed by atoms with van der Waals surface area (Å²) in [5.41, 5.74) is -0.0795. The van der Waals surface area contributed by atoms with E-state index < -0.39 is 30.3 Å². The molecule has 0 aromatic carbocycles. The molecule has 0 aliphatic carbocycles. The molecule has 1 unspecified atom stereocenters. The van der Waals surface area contributed by atoms with E-state index in [2.05, 4.69) is 10.3 Å². The summed E-state index contributed by atoms with van der Waals surface area (Å²) >= 11 is 0. The topological polar surface area (TPSA) is 134 Å². The lowest BCUT2D eigenvalue weighted by Gasteiger charge is -2.10. The summed E-state index contributed by atoms with van der Waals surface area (Å²) in [5, 5.41) is 26.2. The molecule has 9 heteroatoms. The van der Waals surface area contributed by atoms with E-state index in [9.17, 15) is 14.4 Å². The number of amides is 1. The van der Waals surface area contributed by atoms with Gasteiger partial charge in [-0.2, -0.15) is 0 Å². The number of carbonyl (C=O) groups excluding carboxylic acids is 1. The Kier molecular flexibility index (Phi) is 3.75. The molecule has 0 aliphatic heterocycles. The van der Waals surface area contributed by atoms with Crippen LogP contribution in [0.2, 0.25) is 0 Å². The number of aromatic nitrogens is 3. The van der Waals surface area contributed by atoms with Crippen LogP contribution in [-0.4, -0.2) is 49.1 Å². The number of carboxylic acid groups (broad SMARTS) is 2. The van der Waals surface area contributed by atoms with Gasteiger partial charge in [0.25, 0.3) is 5.91 Å². The van der Waals surface area contributed by atoms with Crippen LogP contribution in [0, 0.1) is 0 Å². The quantitative estimate of drug-likeness (QED) is 0.570. The molecule has 1 rings (SSSR count). The fraction of sp³-hybridized carbons (Fsp3) is 0.375. The third kappa shape index (κ3) is 3.55. The Labute approximate surface area is 95.0 Å². The fourth-order valence-corrected chi connectivity index (χ4v) is 1.06. The summed E-state index contributed by atoms with van der Waals surface area (Å²) in [4.78, 5) is 32.5. The lowest BCUT2D eigenvalue weighted by Crippen LogP contribution is -2.42. The fourth-order valence-electron chi connectivity index (χ4n) is 1.06. The van der Waals surface area contributed by atoms with Gasteiger partial charge < -0.3 is 15.5 Å². The van der Waals surface area contributed by atoms with Gasteiger partial charge >= 0.3 is 11.9 Å².